The Labute approximate surface area is 115 Å². The van der Waals surface area contributed by atoms with Gasteiger partial charge >= 0.3 is 0 Å². The van der Waals surface area contributed by atoms with Crippen molar-refractivity contribution >= 4 is 17.4 Å². The van der Waals surface area contributed by atoms with Crippen molar-refractivity contribution in [2.45, 2.75) is 37.2 Å². The molecule has 100 valence electrons. The van der Waals surface area contributed by atoms with Crippen LogP contribution in [-0.4, -0.2) is 35.0 Å². The van der Waals surface area contributed by atoms with Crippen LogP contribution in [0.25, 0.3) is 0 Å². The van der Waals surface area contributed by atoms with E-state index in [1.165, 1.54) is 31.6 Å². The topological polar surface area (TPSA) is 29.3 Å². The van der Waals surface area contributed by atoms with Gasteiger partial charge in [-0.2, -0.15) is 11.8 Å². The van der Waals surface area contributed by atoms with Gasteiger partial charge in [-0.25, -0.2) is 0 Å². The summed E-state index contributed by atoms with van der Waals surface area (Å²) in [6.45, 7) is 8.34. The molecular weight excluding hydrogens is 240 g/mol. The minimum absolute atomic E-state index is 0.774. The van der Waals surface area contributed by atoms with Crippen LogP contribution in [-0.2, 0) is 6.42 Å². The molecule has 2 nitrogen and oxygen atoms in total. The highest BCUT2D eigenvalue weighted by atomic mass is 32.2. The first-order chi connectivity index (χ1) is 8.65. The summed E-state index contributed by atoms with van der Waals surface area (Å²) in [6.07, 6.45) is 2.30. The molecule has 1 aromatic rings. The second-order valence-electron chi connectivity index (χ2n) is 5.32. The van der Waals surface area contributed by atoms with Crippen LogP contribution in [0.3, 0.4) is 0 Å². The molecule has 0 radical (unpaired) electrons. The SMILES string of the molecule is CC1CN(CCCc2ccccc2N)CC(C)S1. The van der Waals surface area contributed by atoms with Gasteiger partial charge in [-0.15, -0.1) is 0 Å². The molecular formula is C15H24N2S. The lowest BCUT2D eigenvalue weighted by Gasteiger charge is -2.34. The lowest BCUT2D eigenvalue weighted by Crippen LogP contribution is -2.40. The third kappa shape index (κ3) is 3.92. The maximum absolute atomic E-state index is 5.97. The predicted molar refractivity (Wildman–Crippen MR) is 82.1 cm³/mol. The van der Waals surface area contributed by atoms with Crippen molar-refractivity contribution < 1.29 is 0 Å². The van der Waals surface area contributed by atoms with Gasteiger partial charge in [-0.1, -0.05) is 32.0 Å². The number of aryl methyl sites for hydroxylation is 1. The molecule has 18 heavy (non-hydrogen) atoms. The summed E-state index contributed by atoms with van der Waals surface area (Å²) in [4.78, 5) is 2.60. The van der Waals surface area contributed by atoms with E-state index in [9.17, 15) is 0 Å². The number of nitrogens with zero attached hydrogens (tertiary/aromatic N) is 1. The number of thioether (sulfide) groups is 1. The van der Waals surface area contributed by atoms with E-state index in [1.54, 1.807) is 0 Å². The Morgan fingerprint density at radius 3 is 2.56 bits per heavy atom. The van der Waals surface area contributed by atoms with Crippen LogP contribution >= 0.6 is 11.8 Å². The van der Waals surface area contributed by atoms with Gasteiger partial charge in [-0.3, -0.25) is 0 Å². The Hall–Kier alpha value is -0.670. The zero-order valence-corrected chi connectivity index (χ0v) is 12.2. The fraction of sp³-hybridized carbons (Fsp3) is 0.600. The van der Waals surface area contributed by atoms with Gasteiger partial charge in [0.1, 0.15) is 0 Å². The second-order valence-corrected chi connectivity index (χ2v) is 7.20. The fourth-order valence-electron chi connectivity index (χ4n) is 2.72. The van der Waals surface area contributed by atoms with Crippen molar-refractivity contribution in [3.8, 4) is 0 Å². The molecule has 1 aromatic carbocycles. The van der Waals surface area contributed by atoms with Gasteiger partial charge in [0.15, 0.2) is 0 Å². The van der Waals surface area contributed by atoms with E-state index >= 15 is 0 Å². The number of hydrogen-bond donors (Lipinski definition) is 1. The monoisotopic (exact) mass is 264 g/mol. The quantitative estimate of drug-likeness (QED) is 0.848. The van der Waals surface area contributed by atoms with Gasteiger partial charge < -0.3 is 10.6 Å². The molecule has 0 saturated carbocycles. The molecule has 0 bridgehead atoms. The number of nitrogens with two attached hydrogens (primary N) is 1. The van der Waals surface area contributed by atoms with E-state index in [1.807, 2.05) is 12.1 Å². The predicted octanol–water partition coefficient (Wildman–Crippen LogP) is 3.03. The molecule has 1 heterocycles. The third-order valence-electron chi connectivity index (χ3n) is 3.47. The summed E-state index contributed by atoms with van der Waals surface area (Å²) in [5.41, 5.74) is 8.20. The molecule has 2 atom stereocenters. The number of hydrogen-bond acceptors (Lipinski definition) is 3. The molecule has 2 N–H and O–H groups in total. The van der Waals surface area contributed by atoms with Gasteiger partial charge in [0.05, 0.1) is 0 Å². The zero-order chi connectivity index (χ0) is 13.0. The highest BCUT2D eigenvalue weighted by molar-refractivity contribution is 8.00. The summed E-state index contributed by atoms with van der Waals surface area (Å²) >= 11 is 2.12. The maximum Gasteiger partial charge on any atom is 0.0346 e. The van der Waals surface area contributed by atoms with E-state index in [2.05, 4.69) is 42.6 Å². The number of benzene rings is 1. The number of nitrogen functional groups attached to an aromatic ring is 1. The molecule has 2 rings (SSSR count). The van der Waals surface area contributed by atoms with E-state index in [4.69, 9.17) is 5.73 Å². The largest absolute Gasteiger partial charge is 0.399 e. The molecule has 1 aliphatic rings. The molecule has 1 fully saturated rings. The van der Waals surface area contributed by atoms with Crippen molar-refractivity contribution in [1.29, 1.82) is 0 Å². The Kier molecular flexibility index (Phi) is 4.95. The van der Waals surface area contributed by atoms with Gasteiger partial charge in [0.25, 0.3) is 0 Å². The van der Waals surface area contributed by atoms with Crippen LogP contribution in [0, 0.1) is 0 Å². The normalized spacial score (nSPS) is 25.2. The molecule has 0 amide bonds. The van der Waals surface area contributed by atoms with Crippen molar-refractivity contribution in [3.05, 3.63) is 29.8 Å². The minimum Gasteiger partial charge on any atom is -0.399 e. The summed E-state index contributed by atoms with van der Waals surface area (Å²) < 4.78 is 0. The van der Waals surface area contributed by atoms with Crippen molar-refractivity contribution in [1.82, 2.24) is 4.90 Å². The van der Waals surface area contributed by atoms with Crippen molar-refractivity contribution in [3.63, 3.8) is 0 Å². The van der Waals surface area contributed by atoms with Crippen LogP contribution in [0.15, 0.2) is 24.3 Å². The first-order valence-electron chi connectivity index (χ1n) is 6.86. The summed E-state index contributed by atoms with van der Waals surface area (Å²) in [5.74, 6) is 0. The fourth-order valence-corrected chi connectivity index (χ4v) is 4.11. The zero-order valence-electron chi connectivity index (χ0n) is 11.4. The van der Waals surface area contributed by atoms with E-state index in [-0.39, 0.29) is 0 Å². The Bertz CT molecular complexity index is 371. The van der Waals surface area contributed by atoms with Crippen molar-refractivity contribution in [2.75, 3.05) is 25.4 Å². The summed E-state index contributed by atoms with van der Waals surface area (Å²) in [5, 5.41) is 1.55. The molecule has 0 spiro atoms. The van der Waals surface area contributed by atoms with Crippen molar-refractivity contribution in [2.24, 2.45) is 0 Å². The molecule has 1 aliphatic heterocycles. The molecule has 0 aliphatic carbocycles. The number of anilines is 1. The number of rotatable bonds is 4. The average Bonchev–Trinajstić information content (AvgIpc) is 2.30. The van der Waals surface area contributed by atoms with Crippen LogP contribution in [0.5, 0.6) is 0 Å². The Morgan fingerprint density at radius 1 is 1.22 bits per heavy atom. The molecule has 3 heteroatoms. The van der Waals surface area contributed by atoms with Gasteiger partial charge in [0.2, 0.25) is 0 Å². The lowest BCUT2D eigenvalue weighted by molar-refractivity contribution is 0.268. The smallest absolute Gasteiger partial charge is 0.0346 e. The standard InChI is InChI=1S/C15H24N2S/c1-12-10-17(11-13(2)18-12)9-5-7-14-6-3-4-8-15(14)16/h3-4,6,8,12-13H,5,7,9-11,16H2,1-2H3. The van der Waals surface area contributed by atoms with Gasteiger partial charge in [0, 0.05) is 29.3 Å². The maximum atomic E-state index is 5.97. The average molecular weight is 264 g/mol. The lowest BCUT2D eigenvalue weighted by atomic mass is 10.1. The highest BCUT2D eigenvalue weighted by Crippen LogP contribution is 2.24. The highest BCUT2D eigenvalue weighted by Gasteiger charge is 2.21. The van der Waals surface area contributed by atoms with E-state index in [0.717, 1.165) is 22.6 Å². The number of para-hydroxylation sites is 1. The summed E-state index contributed by atoms with van der Waals surface area (Å²) in [7, 11) is 0. The first kappa shape index (κ1) is 13.8. The van der Waals surface area contributed by atoms with Gasteiger partial charge in [-0.05, 0) is 31.0 Å². The minimum atomic E-state index is 0.774. The molecule has 1 saturated heterocycles. The molecule has 0 aromatic heterocycles. The first-order valence-corrected chi connectivity index (χ1v) is 7.80. The van der Waals surface area contributed by atoms with E-state index < -0.39 is 0 Å². The Balaban J connectivity index is 1.77. The van der Waals surface area contributed by atoms with E-state index in [0.29, 0.717) is 0 Å². The molecule has 2 unspecified atom stereocenters. The third-order valence-corrected chi connectivity index (χ3v) is 4.70. The van der Waals surface area contributed by atoms with Crippen LogP contribution < -0.4 is 5.73 Å². The second kappa shape index (κ2) is 6.48. The Morgan fingerprint density at radius 2 is 1.89 bits per heavy atom. The summed E-state index contributed by atoms with van der Waals surface area (Å²) in [6, 6.07) is 8.22. The van der Waals surface area contributed by atoms with Crippen LogP contribution in [0.4, 0.5) is 5.69 Å². The van der Waals surface area contributed by atoms with Crippen LogP contribution in [0.2, 0.25) is 0 Å². The van der Waals surface area contributed by atoms with Crippen LogP contribution in [0.1, 0.15) is 25.8 Å².